The van der Waals surface area contributed by atoms with Crippen molar-refractivity contribution in [1.82, 2.24) is 5.43 Å². The average molecular weight is 521 g/mol. The fourth-order valence-corrected chi connectivity index (χ4v) is 3.96. The van der Waals surface area contributed by atoms with Gasteiger partial charge < -0.3 is 9.47 Å². The molecule has 4 rings (SSSR count). The molecule has 4 aromatic carbocycles. The number of ether oxygens (including phenoxy) is 2. The van der Waals surface area contributed by atoms with E-state index in [0.717, 1.165) is 10.8 Å². The Labute approximate surface area is 218 Å². The van der Waals surface area contributed by atoms with Crippen LogP contribution >= 0.6 is 23.2 Å². The van der Waals surface area contributed by atoms with Crippen molar-refractivity contribution >= 4 is 52.1 Å². The summed E-state index contributed by atoms with van der Waals surface area (Å²) in [5.41, 5.74) is 3.48. The van der Waals surface area contributed by atoms with E-state index in [-0.39, 0.29) is 0 Å². The minimum absolute atomic E-state index is 0.304. The molecule has 0 fully saturated rings. The topological polar surface area (TPSA) is 77.0 Å². The predicted octanol–water partition coefficient (Wildman–Crippen LogP) is 6.67. The van der Waals surface area contributed by atoms with Crippen molar-refractivity contribution in [2.75, 3.05) is 0 Å². The number of halogens is 2. The summed E-state index contributed by atoms with van der Waals surface area (Å²) in [6.45, 7) is 1.81. The Hall–Kier alpha value is -3.87. The number of rotatable bonds is 8. The van der Waals surface area contributed by atoms with Crippen LogP contribution in [-0.4, -0.2) is 24.2 Å². The van der Waals surface area contributed by atoms with Gasteiger partial charge in [0.2, 0.25) is 0 Å². The summed E-state index contributed by atoms with van der Waals surface area (Å²) in [5.74, 6) is -0.292. The Bertz CT molecular complexity index is 1420. The molecule has 0 aliphatic carbocycles. The molecule has 6 nitrogen and oxygen atoms in total. The Kier molecular flexibility index (Phi) is 8.21. The van der Waals surface area contributed by atoms with Gasteiger partial charge in [-0.25, -0.2) is 10.2 Å². The number of carbonyl (C=O) groups excluding carboxylic acids is 2. The lowest BCUT2D eigenvalue weighted by molar-refractivity contribution is -0.128. The summed E-state index contributed by atoms with van der Waals surface area (Å²) in [7, 11) is 0. The van der Waals surface area contributed by atoms with Crippen molar-refractivity contribution in [3.63, 3.8) is 0 Å². The molecule has 1 atom stereocenters. The van der Waals surface area contributed by atoms with Crippen molar-refractivity contribution in [2.24, 2.45) is 5.10 Å². The Morgan fingerprint density at radius 2 is 1.67 bits per heavy atom. The maximum Gasteiger partial charge on any atom is 0.343 e. The van der Waals surface area contributed by atoms with Gasteiger partial charge in [-0.1, -0.05) is 78.7 Å². The predicted molar refractivity (Wildman–Crippen MR) is 142 cm³/mol. The molecule has 1 N–H and O–H groups in total. The number of hydrogen-bond donors (Lipinski definition) is 1. The zero-order chi connectivity index (χ0) is 25.5. The van der Waals surface area contributed by atoms with E-state index in [1.54, 1.807) is 48.5 Å². The minimum Gasteiger partial charge on any atom is -0.479 e. The minimum atomic E-state index is -0.830. The second-order valence-corrected chi connectivity index (χ2v) is 8.62. The number of nitrogens with one attached hydrogen (secondary N) is 1. The van der Waals surface area contributed by atoms with Crippen molar-refractivity contribution in [2.45, 2.75) is 19.4 Å². The van der Waals surface area contributed by atoms with Crippen LogP contribution in [0, 0.1) is 0 Å². The smallest absolute Gasteiger partial charge is 0.343 e. The van der Waals surface area contributed by atoms with E-state index < -0.39 is 18.0 Å². The van der Waals surface area contributed by atoms with E-state index in [9.17, 15) is 9.59 Å². The fourth-order valence-electron chi connectivity index (χ4n) is 3.51. The molecule has 4 aromatic rings. The van der Waals surface area contributed by atoms with Crippen molar-refractivity contribution < 1.29 is 19.1 Å². The molecule has 0 aliphatic rings. The van der Waals surface area contributed by atoms with Gasteiger partial charge in [0.05, 0.1) is 16.8 Å². The SMILES string of the molecule is CC[C@H](Oc1ccc(Cl)cc1Cl)C(=O)N/N=C\c1c(OC(=O)c2ccccc2)ccc2ccccc12. The number of hydrazone groups is 1. The lowest BCUT2D eigenvalue weighted by atomic mass is 10.0. The van der Waals surface area contributed by atoms with E-state index >= 15 is 0 Å². The molecule has 0 saturated carbocycles. The molecule has 0 bridgehead atoms. The first kappa shape index (κ1) is 25.2. The molecular formula is C28H22Cl2N2O4. The lowest BCUT2D eigenvalue weighted by Gasteiger charge is -2.16. The van der Waals surface area contributed by atoms with Gasteiger partial charge in [-0.2, -0.15) is 5.10 Å². The summed E-state index contributed by atoms with van der Waals surface area (Å²) in [6.07, 6.45) is 1.01. The highest BCUT2D eigenvalue weighted by molar-refractivity contribution is 6.35. The van der Waals surface area contributed by atoms with E-state index in [1.807, 2.05) is 43.3 Å². The van der Waals surface area contributed by atoms with Crippen LogP contribution in [0.25, 0.3) is 10.8 Å². The highest BCUT2D eigenvalue weighted by atomic mass is 35.5. The van der Waals surface area contributed by atoms with Crippen LogP contribution in [-0.2, 0) is 4.79 Å². The second-order valence-electron chi connectivity index (χ2n) is 7.78. The zero-order valence-electron chi connectivity index (χ0n) is 19.3. The average Bonchev–Trinajstić information content (AvgIpc) is 2.89. The van der Waals surface area contributed by atoms with Crippen LogP contribution in [0.2, 0.25) is 10.0 Å². The number of nitrogens with zero attached hydrogens (tertiary/aromatic N) is 1. The van der Waals surface area contributed by atoms with E-state index in [2.05, 4.69) is 10.5 Å². The summed E-state index contributed by atoms with van der Waals surface area (Å²) in [6, 6.07) is 24.6. The second kappa shape index (κ2) is 11.7. The molecule has 36 heavy (non-hydrogen) atoms. The summed E-state index contributed by atoms with van der Waals surface area (Å²) >= 11 is 12.1. The van der Waals surface area contributed by atoms with Gasteiger partial charge in [0.1, 0.15) is 11.5 Å². The maximum atomic E-state index is 12.8. The van der Waals surface area contributed by atoms with Crippen molar-refractivity contribution in [3.8, 4) is 11.5 Å². The van der Waals surface area contributed by atoms with Gasteiger partial charge >= 0.3 is 5.97 Å². The van der Waals surface area contributed by atoms with Crippen LogP contribution in [0.1, 0.15) is 29.3 Å². The van der Waals surface area contributed by atoms with Crippen molar-refractivity contribution in [1.29, 1.82) is 0 Å². The van der Waals surface area contributed by atoms with Gasteiger partial charge in [0.15, 0.2) is 6.10 Å². The van der Waals surface area contributed by atoms with Crippen LogP contribution in [0.3, 0.4) is 0 Å². The first-order chi connectivity index (χ1) is 17.5. The van der Waals surface area contributed by atoms with Gasteiger partial charge in [-0.05, 0) is 53.6 Å². The number of carbonyl (C=O) groups is 2. The van der Waals surface area contributed by atoms with Crippen molar-refractivity contribution in [3.05, 3.63) is 106 Å². The monoisotopic (exact) mass is 520 g/mol. The molecule has 0 heterocycles. The van der Waals surface area contributed by atoms with Gasteiger partial charge in [0, 0.05) is 10.6 Å². The Morgan fingerprint density at radius 1 is 0.944 bits per heavy atom. The number of fused-ring (bicyclic) bond motifs is 1. The standard InChI is InChI=1S/C28H22Cl2N2O4/c1-2-24(35-26-15-13-20(29)16-23(26)30)27(33)32-31-17-22-21-11-7-6-8-18(21)12-14-25(22)36-28(34)19-9-4-3-5-10-19/h3-17,24H,2H2,1H3,(H,32,33)/b31-17-/t24-/m0/s1. The molecule has 8 heteroatoms. The molecule has 0 aromatic heterocycles. The number of amides is 1. The molecule has 0 spiro atoms. The molecule has 0 aliphatic heterocycles. The molecule has 1 amide bonds. The van der Waals surface area contributed by atoms with E-state index in [1.165, 1.54) is 6.21 Å². The molecular weight excluding hydrogens is 499 g/mol. The maximum absolute atomic E-state index is 12.8. The molecule has 0 saturated heterocycles. The van der Waals surface area contributed by atoms with Crippen LogP contribution in [0.5, 0.6) is 11.5 Å². The summed E-state index contributed by atoms with van der Waals surface area (Å²) in [4.78, 5) is 25.4. The van der Waals surface area contributed by atoms with E-state index in [0.29, 0.717) is 39.1 Å². The van der Waals surface area contributed by atoms with Gasteiger partial charge in [0.25, 0.3) is 5.91 Å². The summed E-state index contributed by atoms with van der Waals surface area (Å²) < 4.78 is 11.4. The quantitative estimate of drug-likeness (QED) is 0.122. The third kappa shape index (κ3) is 6.03. The summed E-state index contributed by atoms with van der Waals surface area (Å²) in [5, 5.41) is 6.64. The zero-order valence-corrected chi connectivity index (χ0v) is 20.8. The number of hydrogen-bond acceptors (Lipinski definition) is 5. The molecule has 182 valence electrons. The van der Waals surface area contributed by atoms with E-state index in [4.69, 9.17) is 32.7 Å². The highest BCUT2D eigenvalue weighted by Crippen LogP contribution is 2.29. The number of benzene rings is 4. The molecule has 0 unspecified atom stereocenters. The third-order valence-electron chi connectivity index (χ3n) is 5.34. The van der Waals surface area contributed by atoms with Gasteiger partial charge in [-0.15, -0.1) is 0 Å². The normalized spacial score (nSPS) is 11.9. The fraction of sp³-hybridized carbons (Fsp3) is 0.107. The highest BCUT2D eigenvalue weighted by Gasteiger charge is 2.20. The first-order valence-corrected chi connectivity index (χ1v) is 12.0. The van der Waals surface area contributed by atoms with Crippen LogP contribution in [0.15, 0.2) is 90.0 Å². The first-order valence-electron chi connectivity index (χ1n) is 11.2. The van der Waals surface area contributed by atoms with Gasteiger partial charge in [-0.3, -0.25) is 4.79 Å². The third-order valence-corrected chi connectivity index (χ3v) is 5.87. The van der Waals surface area contributed by atoms with Crippen LogP contribution < -0.4 is 14.9 Å². The molecule has 0 radical (unpaired) electrons. The lowest BCUT2D eigenvalue weighted by Crippen LogP contribution is -2.35. The number of esters is 1. The largest absolute Gasteiger partial charge is 0.479 e. The van der Waals surface area contributed by atoms with Crippen LogP contribution in [0.4, 0.5) is 0 Å². The Balaban J connectivity index is 1.55. The Morgan fingerprint density at radius 3 is 2.42 bits per heavy atom.